The van der Waals surface area contributed by atoms with Crippen molar-refractivity contribution in [1.82, 2.24) is 19.8 Å². The fourth-order valence-electron chi connectivity index (χ4n) is 7.14. The molecule has 1 spiro atoms. The number of ether oxygens (including phenoxy) is 1. The quantitative estimate of drug-likeness (QED) is 0.594. The Hall–Kier alpha value is -2.30. The van der Waals surface area contributed by atoms with E-state index in [4.69, 9.17) is 4.74 Å². The standard InChI is InChI=1S/C29H42N6O3/c1-32(2)29(23-7-4-3-5-8-23)13-11-27(12-14-29)21-34(26(36)35(27)22-28(37)9-6-10-28)24-19-30-25(31-20-24)33-15-17-38-18-16-33/h3-5,7-8,19-20,26,36-37H,6,9-18,21-22H2,1-2H3. The molecule has 2 aromatic rings. The van der Waals surface area contributed by atoms with Crippen LogP contribution < -0.4 is 9.80 Å². The fourth-order valence-corrected chi connectivity index (χ4v) is 7.14. The highest BCUT2D eigenvalue weighted by atomic mass is 16.5. The molecular formula is C29H42N6O3. The van der Waals surface area contributed by atoms with Crippen molar-refractivity contribution >= 4 is 11.6 Å². The molecule has 1 unspecified atom stereocenters. The summed E-state index contributed by atoms with van der Waals surface area (Å²) in [7, 11) is 4.37. The van der Waals surface area contributed by atoms with E-state index in [1.165, 1.54) is 5.56 Å². The van der Waals surface area contributed by atoms with E-state index >= 15 is 0 Å². The second-order valence-electron chi connectivity index (χ2n) is 12.0. The van der Waals surface area contributed by atoms with E-state index in [2.05, 4.69) is 69.1 Å². The third kappa shape index (κ3) is 4.48. The van der Waals surface area contributed by atoms with Crippen molar-refractivity contribution in [3.05, 3.63) is 48.3 Å². The molecule has 1 atom stereocenters. The van der Waals surface area contributed by atoms with Crippen molar-refractivity contribution in [3.63, 3.8) is 0 Å². The van der Waals surface area contributed by atoms with Gasteiger partial charge in [0, 0.05) is 37.3 Å². The highest BCUT2D eigenvalue weighted by molar-refractivity contribution is 5.48. The first-order valence-electron chi connectivity index (χ1n) is 14.2. The predicted octanol–water partition coefficient (Wildman–Crippen LogP) is 2.40. The van der Waals surface area contributed by atoms with Gasteiger partial charge < -0.3 is 24.7 Å². The third-order valence-electron chi connectivity index (χ3n) is 9.81. The second kappa shape index (κ2) is 10.0. The molecule has 0 radical (unpaired) electrons. The summed E-state index contributed by atoms with van der Waals surface area (Å²) < 4.78 is 5.46. The average molecular weight is 523 g/mol. The van der Waals surface area contributed by atoms with Crippen LogP contribution in [0.2, 0.25) is 0 Å². The van der Waals surface area contributed by atoms with Crippen molar-refractivity contribution in [2.75, 3.05) is 63.3 Å². The summed E-state index contributed by atoms with van der Waals surface area (Å²) in [5, 5.41) is 22.9. The van der Waals surface area contributed by atoms with Gasteiger partial charge in [0.15, 0.2) is 6.35 Å². The Morgan fingerprint density at radius 2 is 1.63 bits per heavy atom. The monoisotopic (exact) mass is 522 g/mol. The van der Waals surface area contributed by atoms with Crippen molar-refractivity contribution in [1.29, 1.82) is 0 Å². The van der Waals surface area contributed by atoms with Crippen LogP contribution in [0, 0.1) is 0 Å². The van der Waals surface area contributed by atoms with Crippen LogP contribution in [0.5, 0.6) is 0 Å². The molecule has 1 aromatic carbocycles. The number of aromatic nitrogens is 2. The van der Waals surface area contributed by atoms with Gasteiger partial charge in [0.1, 0.15) is 0 Å². The predicted molar refractivity (Wildman–Crippen MR) is 147 cm³/mol. The first-order chi connectivity index (χ1) is 18.3. The lowest BCUT2D eigenvalue weighted by molar-refractivity contribution is -0.124. The normalized spacial score (nSPS) is 31.7. The molecule has 206 valence electrons. The highest BCUT2D eigenvalue weighted by Crippen LogP contribution is 2.51. The Kier molecular flexibility index (Phi) is 6.85. The van der Waals surface area contributed by atoms with Gasteiger partial charge in [-0.25, -0.2) is 9.97 Å². The molecule has 3 heterocycles. The van der Waals surface area contributed by atoms with Gasteiger partial charge in [-0.15, -0.1) is 0 Å². The SMILES string of the molecule is CN(C)C1(c2ccccc2)CCC2(CC1)CN(c1cnc(N3CCOCC3)nc1)C(O)N2CC1(O)CCC1. The molecule has 6 rings (SSSR count). The number of morpholine rings is 1. The number of hydrogen-bond donors (Lipinski definition) is 2. The Labute approximate surface area is 226 Å². The van der Waals surface area contributed by atoms with Crippen LogP contribution in [0.4, 0.5) is 11.6 Å². The van der Waals surface area contributed by atoms with Gasteiger partial charge in [-0.2, -0.15) is 0 Å². The Morgan fingerprint density at radius 3 is 2.21 bits per heavy atom. The second-order valence-corrected chi connectivity index (χ2v) is 12.0. The Morgan fingerprint density at radius 1 is 0.974 bits per heavy atom. The van der Waals surface area contributed by atoms with Gasteiger partial charge >= 0.3 is 0 Å². The molecule has 0 bridgehead atoms. The molecule has 1 aromatic heterocycles. The van der Waals surface area contributed by atoms with Gasteiger partial charge in [-0.1, -0.05) is 30.3 Å². The number of rotatable bonds is 6. The van der Waals surface area contributed by atoms with Crippen molar-refractivity contribution in [3.8, 4) is 0 Å². The van der Waals surface area contributed by atoms with Gasteiger partial charge in [0.25, 0.3) is 0 Å². The molecule has 2 saturated carbocycles. The number of β-amino-alcohol motifs (C(OH)–C–C–N with tert-alkyl or cyclic N) is 1. The maximum Gasteiger partial charge on any atom is 0.225 e. The van der Waals surface area contributed by atoms with Crippen molar-refractivity contribution in [2.45, 2.75) is 68.0 Å². The molecule has 0 amide bonds. The molecule has 38 heavy (non-hydrogen) atoms. The first-order valence-corrected chi connectivity index (χ1v) is 14.2. The smallest absolute Gasteiger partial charge is 0.225 e. The molecule has 2 N–H and O–H groups in total. The minimum atomic E-state index is -0.818. The van der Waals surface area contributed by atoms with E-state index < -0.39 is 12.0 Å². The van der Waals surface area contributed by atoms with Gasteiger partial charge in [0.2, 0.25) is 5.95 Å². The summed E-state index contributed by atoms with van der Waals surface area (Å²) >= 11 is 0. The zero-order valence-corrected chi connectivity index (χ0v) is 22.8. The summed E-state index contributed by atoms with van der Waals surface area (Å²) in [6.07, 6.45) is 9.38. The minimum absolute atomic E-state index is 0.0349. The lowest BCUT2D eigenvalue weighted by atomic mass is 9.67. The van der Waals surface area contributed by atoms with Crippen LogP contribution in [-0.4, -0.2) is 101 Å². The molecule has 2 aliphatic heterocycles. The third-order valence-corrected chi connectivity index (χ3v) is 9.81. The molecule has 4 fully saturated rings. The van der Waals surface area contributed by atoms with E-state index in [0.717, 1.165) is 63.7 Å². The maximum absolute atomic E-state index is 11.7. The number of aliphatic hydroxyl groups is 2. The van der Waals surface area contributed by atoms with E-state index in [9.17, 15) is 10.2 Å². The molecule has 2 saturated heterocycles. The van der Waals surface area contributed by atoms with Crippen molar-refractivity contribution in [2.24, 2.45) is 0 Å². The van der Waals surface area contributed by atoms with Gasteiger partial charge in [-0.05, 0) is 64.6 Å². The lowest BCUT2D eigenvalue weighted by Crippen LogP contribution is -2.60. The Bertz CT molecular complexity index is 1080. The van der Waals surface area contributed by atoms with Crippen LogP contribution in [0.3, 0.4) is 0 Å². The molecule has 4 aliphatic rings. The summed E-state index contributed by atoms with van der Waals surface area (Å²) in [5.74, 6) is 0.706. The van der Waals surface area contributed by atoms with Crippen molar-refractivity contribution < 1.29 is 14.9 Å². The Balaban J connectivity index is 1.27. The number of aliphatic hydroxyl groups excluding tert-OH is 1. The fraction of sp³-hybridized carbons (Fsp3) is 0.655. The zero-order chi connectivity index (χ0) is 26.4. The van der Waals surface area contributed by atoms with Crippen LogP contribution in [0.25, 0.3) is 0 Å². The van der Waals surface area contributed by atoms with Crippen LogP contribution in [-0.2, 0) is 10.3 Å². The lowest BCUT2D eigenvalue weighted by Gasteiger charge is -2.53. The van der Waals surface area contributed by atoms with Gasteiger partial charge in [-0.3, -0.25) is 9.80 Å². The molecule has 9 heteroatoms. The number of hydrogen-bond acceptors (Lipinski definition) is 9. The number of anilines is 2. The largest absolute Gasteiger partial charge is 0.389 e. The molecular weight excluding hydrogens is 480 g/mol. The van der Waals surface area contributed by atoms with Gasteiger partial charge in [0.05, 0.1) is 36.9 Å². The zero-order valence-electron chi connectivity index (χ0n) is 22.8. The van der Waals surface area contributed by atoms with Crippen LogP contribution in [0.15, 0.2) is 42.7 Å². The van der Waals surface area contributed by atoms with Crippen LogP contribution in [0.1, 0.15) is 50.5 Å². The van der Waals surface area contributed by atoms with E-state index in [1.807, 2.05) is 17.3 Å². The summed E-state index contributed by atoms with van der Waals surface area (Å²) in [5.41, 5.74) is 1.21. The summed E-state index contributed by atoms with van der Waals surface area (Å²) in [4.78, 5) is 18.1. The number of benzene rings is 1. The molecule has 9 nitrogen and oxygen atoms in total. The van der Waals surface area contributed by atoms with E-state index in [0.29, 0.717) is 32.3 Å². The highest BCUT2D eigenvalue weighted by Gasteiger charge is 2.56. The summed E-state index contributed by atoms with van der Waals surface area (Å²) in [6.45, 7) is 4.15. The van der Waals surface area contributed by atoms with Crippen LogP contribution >= 0.6 is 0 Å². The minimum Gasteiger partial charge on any atom is -0.389 e. The topological polar surface area (TPSA) is 88.4 Å². The average Bonchev–Trinajstić information content (AvgIpc) is 3.20. The number of nitrogens with zero attached hydrogens (tertiary/aromatic N) is 6. The first kappa shape index (κ1) is 26.0. The van der Waals surface area contributed by atoms with E-state index in [1.54, 1.807) is 0 Å². The molecule has 2 aliphatic carbocycles. The maximum atomic E-state index is 11.7. The summed E-state index contributed by atoms with van der Waals surface area (Å²) in [6, 6.07) is 10.8. The van der Waals surface area contributed by atoms with E-state index in [-0.39, 0.29) is 11.1 Å².